The summed E-state index contributed by atoms with van der Waals surface area (Å²) in [5, 5.41) is 7.34. The molecule has 2 saturated heterocycles. The number of aromatic nitrogens is 3. The van der Waals surface area contributed by atoms with Crippen LogP contribution in [-0.4, -0.2) is 50.6 Å². The molecule has 0 aliphatic carbocycles. The van der Waals surface area contributed by atoms with Crippen molar-refractivity contribution in [2.45, 2.75) is 32.2 Å². The molecular formula is C18H21N5O2. The van der Waals surface area contributed by atoms with Crippen LogP contribution in [0.25, 0.3) is 5.69 Å². The number of hydrogen-bond donors (Lipinski definition) is 1. The van der Waals surface area contributed by atoms with E-state index in [0.29, 0.717) is 19.5 Å². The lowest BCUT2D eigenvalue weighted by molar-refractivity contribution is -0.123. The maximum atomic E-state index is 13.0. The first kappa shape index (κ1) is 15.8. The van der Waals surface area contributed by atoms with Crippen molar-refractivity contribution in [3.8, 4) is 5.69 Å². The quantitative estimate of drug-likeness (QED) is 0.911. The van der Waals surface area contributed by atoms with E-state index in [1.165, 1.54) is 0 Å². The predicted molar refractivity (Wildman–Crippen MR) is 91.3 cm³/mol. The van der Waals surface area contributed by atoms with E-state index in [2.05, 4.69) is 15.4 Å². The number of nitrogens with one attached hydrogen (secondary N) is 1. The Bertz CT molecular complexity index is 801. The summed E-state index contributed by atoms with van der Waals surface area (Å²) < 4.78 is 1.73. The Labute approximate surface area is 146 Å². The van der Waals surface area contributed by atoms with Gasteiger partial charge in [0.25, 0.3) is 5.91 Å². The van der Waals surface area contributed by atoms with Gasteiger partial charge in [0, 0.05) is 19.5 Å². The van der Waals surface area contributed by atoms with Gasteiger partial charge in [-0.1, -0.05) is 25.1 Å². The number of fused-ring (bicyclic) bond motifs is 1. The van der Waals surface area contributed by atoms with Gasteiger partial charge in [0.2, 0.25) is 11.7 Å². The van der Waals surface area contributed by atoms with Gasteiger partial charge in [-0.15, -0.1) is 5.10 Å². The highest BCUT2D eigenvalue weighted by Crippen LogP contribution is 2.28. The molecule has 0 saturated carbocycles. The molecule has 0 radical (unpaired) electrons. The summed E-state index contributed by atoms with van der Waals surface area (Å²) in [6.45, 7) is 3.17. The Hall–Kier alpha value is -2.70. The molecule has 1 aromatic carbocycles. The van der Waals surface area contributed by atoms with Crippen molar-refractivity contribution in [2.24, 2.45) is 5.92 Å². The van der Waals surface area contributed by atoms with Crippen LogP contribution in [0.1, 0.15) is 36.2 Å². The summed E-state index contributed by atoms with van der Waals surface area (Å²) in [6.07, 6.45) is 2.36. The monoisotopic (exact) mass is 339 g/mol. The van der Waals surface area contributed by atoms with Crippen LogP contribution in [0, 0.1) is 5.92 Å². The van der Waals surface area contributed by atoms with Crippen molar-refractivity contribution in [3.05, 3.63) is 42.0 Å². The fraction of sp³-hybridized carbons (Fsp3) is 0.444. The van der Waals surface area contributed by atoms with Crippen molar-refractivity contribution in [2.75, 3.05) is 13.1 Å². The van der Waals surface area contributed by atoms with Gasteiger partial charge in [-0.3, -0.25) is 9.59 Å². The third kappa shape index (κ3) is 2.69. The lowest BCUT2D eigenvalue weighted by atomic mass is 9.91. The molecule has 0 spiro atoms. The molecule has 4 rings (SSSR count). The van der Waals surface area contributed by atoms with Gasteiger partial charge in [0.1, 0.15) is 5.82 Å². The molecule has 2 aliphatic heterocycles. The normalized spacial score (nSPS) is 22.6. The van der Waals surface area contributed by atoms with Gasteiger partial charge >= 0.3 is 0 Å². The summed E-state index contributed by atoms with van der Waals surface area (Å²) in [5.41, 5.74) is 0.889. The number of rotatable bonds is 3. The molecule has 2 aromatic rings. The Morgan fingerprint density at radius 2 is 2.12 bits per heavy atom. The molecule has 7 nitrogen and oxygen atoms in total. The Morgan fingerprint density at radius 3 is 2.88 bits per heavy atom. The maximum absolute atomic E-state index is 13.0. The fourth-order valence-corrected chi connectivity index (χ4v) is 3.77. The van der Waals surface area contributed by atoms with E-state index in [-0.39, 0.29) is 29.6 Å². The molecule has 0 bridgehead atoms. The molecular weight excluding hydrogens is 318 g/mol. The first-order valence-electron chi connectivity index (χ1n) is 8.79. The van der Waals surface area contributed by atoms with E-state index >= 15 is 0 Å². The third-order valence-electron chi connectivity index (χ3n) is 5.04. The highest BCUT2D eigenvalue weighted by molar-refractivity contribution is 5.92. The van der Waals surface area contributed by atoms with Crippen molar-refractivity contribution < 1.29 is 9.59 Å². The van der Waals surface area contributed by atoms with E-state index in [4.69, 9.17) is 0 Å². The highest BCUT2D eigenvalue weighted by Gasteiger charge is 2.43. The molecule has 130 valence electrons. The second-order valence-electron chi connectivity index (χ2n) is 6.51. The van der Waals surface area contributed by atoms with Gasteiger partial charge in [0.05, 0.1) is 17.6 Å². The van der Waals surface area contributed by atoms with Crippen molar-refractivity contribution >= 4 is 11.8 Å². The number of carbonyl (C=O) groups is 2. The lowest BCUT2D eigenvalue weighted by Crippen LogP contribution is -2.49. The standard InChI is InChI=1S/C18H21N5O2/c1-2-15-20-16(21-23(15)12-7-4-3-5-8-12)18(25)22-10-6-9-13-14(22)11-19-17(13)24/h3-5,7-8,13-14H,2,6,9-11H2,1H3,(H,19,24)/t13-,14-/m1/s1. The van der Waals surface area contributed by atoms with Gasteiger partial charge in [-0.2, -0.15) is 0 Å². The number of benzene rings is 1. The summed E-state index contributed by atoms with van der Waals surface area (Å²) in [4.78, 5) is 31.2. The highest BCUT2D eigenvalue weighted by atomic mass is 16.2. The van der Waals surface area contributed by atoms with Gasteiger partial charge in [-0.05, 0) is 25.0 Å². The number of piperidine rings is 1. The van der Waals surface area contributed by atoms with Crippen LogP contribution in [-0.2, 0) is 11.2 Å². The first-order valence-corrected chi connectivity index (χ1v) is 8.79. The Balaban J connectivity index is 1.64. The zero-order valence-corrected chi connectivity index (χ0v) is 14.2. The van der Waals surface area contributed by atoms with Crippen LogP contribution in [0.5, 0.6) is 0 Å². The minimum absolute atomic E-state index is 0.0551. The fourth-order valence-electron chi connectivity index (χ4n) is 3.77. The Kier molecular flexibility index (Phi) is 3.99. The van der Waals surface area contributed by atoms with E-state index in [0.717, 1.165) is 24.4 Å². The molecule has 25 heavy (non-hydrogen) atoms. The Morgan fingerprint density at radius 1 is 1.32 bits per heavy atom. The molecule has 1 N–H and O–H groups in total. The number of nitrogens with zero attached hydrogens (tertiary/aromatic N) is 4. The summed E-state index contributed by atoms with van der Waals surface area (Å²) in [6, 6.07) is 9.61. The molecule has 3 heterocycles. The SMILES string of the molecule is CCc1nc(C(=O)N2CCC[C@H]3C(=O)NC[C@H]32)nn1-c1ccccc1. The van der Waals surface area contributed by atoms with E-state index < -0.39 is 0 Å². The van der Waals surface area contributed by atoms with Crippen LogP contribution in [0.4, 0.5) is 0 Å². The minimum Gasteiger partial charge on any atom is -0.354 e. The zero-order valence-electron chi connectivity index (χ0n) is 14.2. The minimum atomic E-state index is -0.185. The topological polar surface area (TPSA) is 80.1 Å². The van der Waals surface area contributed by atoms with Gasteiger partial charge in [0.15, 0.2) is 0 Å². The zero-order chi connectivity index (χ0) is 17.4. The molecule has 2 aliphatic rings. The summed E-state index contributed by atoms with van der Waals surface area (Å²) in [5.74, 6) is 0.735. The molecule has 2 atom stereocenters. The maximum Gasteiger partial charge on any atom is 0.293 e. The van der Waals surface area contributed by atoms with Crippen LogP contribution < -0.4 is 5.32 Å². The van der Waals surface area contributed by atoms with Gasteiger partial charge < -0.3 is 10.2 Å². The second-order valence-corrected chi connectivity index (χ2v) is 6.51. The molecule has 1 aromatic heterocycles. The van der Waals surface area contributed by atoms with E-state index in [9.17, 15) is 9.59 Å². The summed E-state index contributed by atoms with van der Waals surface area (Å²) >= 11 is 0. The van der Waals surface area contributed by atoms with Crippen molar-refractivity contribution in [1.82, 2.24) is 25.0 Å². The molecule has 2 fully saturated rings. The number of hydrogen-bond acceptors (Lipinski definition) is 4. The number of aryl methyl sites for hydroxylation is 1. The van der Waals surface area contributed by atoms with Crippen LogP contribution in [0.15, 0.2) is 30.3 Å². The van der Waals surface area contributed by atoms with Crippen LogP contribution >= 0.6 is 0 Å². The van der Waals surface area contributed by atoms with E-state index in [1.807, 2.05) is 37.3 Å². The number of para-hydroxylation sites is 1. The number of likely N-dealkylation sites (tertiary alicyclic amines) is 1. The van der Waals surface area contributed by atoms with Crippen LogP contribution in [0.2, 0.25) is 0 Å². The smallest absolute Gasteiger partial charge is 0.293 e. The predicted octanol–water partition coefficient (Wildman–Crippen LogP) is 1.18. The lowest BCUT2D eigenvalue weighted by Gasteiger charge is -2.35. The van der Waals surface area contributed by atoms with Crippen molar-refractivity contribution in [1.29, 1.82) is 0 Å². The average molecular weight is 339 g/mol. The molecule has 0 unspecified atom stereocenters. The van der Waals surface area contributed by atoms with E-state index in [1.54, 1.807) is 9.58 Å². The number of amides is 2. The third-order valence-corrected chi connectivity index (χ3v) is 5.04. The molecule has 7 heteroatoms. The number of carbonyl (C=O) groups excluding carboxylic acids is 2. The first-order chi connectivity index (χ1) is 12.2. The largest absolute Gasteiger partial charge is 0.354 e. The second kappa shape index (κ2) is 6.31. The van der Waals surface area contributed by atoms with Gasteiger partial charge in [-0.25, -0.2) is 9.67 Å². The van der Waals surface area contributed by atoms with Crippen LogP contribution in [0.3, 0.4) is 0 Å². The average Bonchev–Trinajstić information content (AvgIpc) is 3.26. The van der Waals surface area contributed by atoms with Crippen molar-refractivity contribution in [3.63, 3.8) is 0 Å². The summed E-state index contributed by atoms with van der Waals surface area (Å²) in [7, 11) is 0. The molecule has 2 amide bonds.